The van der Waals surface area contributed by atoms with Gasteiger partial charge in [-0.2, -0.15) is 0 Å². The maximum Gasteiger partial charge on any atom is 0.0438 e. The van der Waals surface area contributed by atoms with Crippen LogP contribution in [0.5, 0.6) is 0 Å². The van der Waals surface area contributed by atoms with E-state index in [4.69, 9.17) is 0 Å². The van der Waals surface area contributed by atoms with Crippen molar-refractivity contribution >= 4 is 0 Å². The molecule has 2 aromatic rings. The molecule has 0 bridgehead atoms. The molecule has 0 N–H and O–H groups in total. The zero-order valence-corrected chi connectivity index (χ0v) is 12.6. The molecule has 0 radical (unpaired) electrons. The maximum absolute atomic E-state index is 2.56. The highest BCUT2D eigenvalue weighted by Crippen LogP contribution is 2.50. The van der Waals surface area contributed by atoms with E-state index in [1.165, 1.54) is 24.0 Å². The average Bonchev–Trinajstić information content (AvgIpc) is 2.76. The van der Waals surface area contributed by atoms with Crippen LogP contribution in [-0.4, -0.2) is 11.9 Å². The Morgan fingerprint density at radius 1 is 0.700 bits per heavy atom. The molecule has 1 aliphatic heterocycles. The highest BCUT2D eigenvalue weighted by Gasteiger charge is 2.49. The molecule has 3 rings (SSSR count). The highest BCUT2D eigenvalue weighted by atomic mass is 15.3. The SMILES string of the molecule is CN1C(C)(c2ccccc2)CCC1(C)c1ccccc1. The van der Waals surface area contributed by atoms with Gasteiger partial charge in [-0.05, 0) is 44.9 Å². The van der Waals surface area contributed by atoms with Crippen LogP contribution in [0.2, 0.25) is 0 Å². The first-order valence-corrected chi connectivity index (χ1v) is 7.42. The Morgan fingerprint density at radius 2 is 1.05 bits per heavy atom. The van der Waals surface area contributed by atoms with Gasteiger partial charge in [0.25, 0.3) is 0 Å². The predicted molar refractivity (Wildman–Crippen MR) is 84.6 cm³/mol. The predicted octanol–water partition coefficient (Wildman–Crippen LogP) is 4.54. The number of hydrogen-bond donors (Lipinski definition) is 0. The van der Waals surface area contributed by atoms with Gasteiger partial charge < -0.3 is 0 Å². The third-order valence-electron chi connectivity index (χ3n) is 5.37. The number of benzene rings is 2. The van der Waals surface area contributed by atoms with Crippen molar-refractivity contribution in [2.24, 2.45) is 0 Å². The molecule has 1 saturated heterocycles. The summed E-state index contributed by atoms with van der Waals surface area (Å²) in [5.74, 6) is 0. The fourth-order valence-electron chi connectivity index (χ4n) is 3.64. The molecule has 0 amide bonds. The van der Waals surface area contributed by atoms with Crippen LogP contribution < -0.4 is 0 Å². The van der Waals surface area contributed by atoms with Gasteiger partial charge in [-0.15, -0.1) is 0 Å². The molecule has 2 atom stereocenters. The van der Waals surface area contributed by atoms with E-state index >= 15 is 0 Å². The Labute approximate surface area is 122 Å². The Bertz CT molecular complexity index is 524. The van der Waals surface area contributed by atoms with Crippen molar-refractivity contribution in [1.29, 1.82) is 0 Å². The van der Waals surface area contributed by atoms with Crippen molar-refractivity contribution in [2.45, 2.75) is 37.8 Å². The molecule has 0 aromatic heterocycles. The molecule has 1 fully saturated rings. The number of nitrogens with zero attached hydrogens (tertiary/aromatic N) is 1. The minimum Gasteiger partial charge on any atom is -0.287 e. The lowest BCUT2D eigenvalue weighted by Crippen LogP contribution is -2.45. The molecule has 2 aromatic carbocycles. The van der Waals surface area contributed by atoms with Crippen LogP contribution in [-0.2, 0) is 11.1 Å². The van der Waals surface area contributed by atoms with Crippen molar-refractivity contribution in [3.8, 4) is 0 Å². The van der Waals surface area contributed by atoms with Crippen LogP contribution in [0.15, 0.2) is 60.7 Å². The van der Waals surface area contributed by atoms with Crippen molar-refractivity contribution in [3.05, 3.63) is 71.8 Å². The lowest BCUT2D eigenvalue weighted by Gasteiger charge is -2.42. The van der Waals surface area contributed by atoms with Gasteiger partial charge in [-0.3, -0.25) is 4.90 Å². The van der Waals surface area contributed by atoms with Gasteiger partial charge in [0.1, 0.15) is 0 Å². The molecule has 1 heterocycles. The summed E-state index contributed by atoms with van der Waals surface area (Å²) < 4.78 is 0. The summed E-state index contributed by atoms with van der Waals surface area (Å²) in [6.07, 6.45) is 2.39. The smallest absolute Gasteiger partial charge is 0.0438 e. The maximum atomic E-state index is 2.56. The molecular weight excluding hydrogens is 242 g/mol. The summed E-state index contributed by atoms with van der Waals surface area (Å²) in [6, 6.07) is 21.8. The van der Waals surface area contributed by atoms with Crippen LogP contribution in [0.25, 0.3) is 0 Å². The minimum atomic E-state index is 0.117. The Kier molecular flexibility index (Phi) is 3.18. The van der Waals surface area contributed by atoms with Gasteiger partial charge in [0, 0.05) is 11.1 Å². The molecule has 1 nitrogen and oxygen atoms in total. The second kappa shape index (κ2) is 4.75. The van der Waals surface area contributed by atoms with E-state index in [0.717, 1.165) is 0 Å². The van der Waals surface area contributed by atoms with Gasteiger partial charge in [0.2, 0.25) is 0 Å². The van der Waals surface area contributed by atoms with Crippen molar-refractivity contribution in [1.82, 2.24) is 4.90 Å². The lowest BCUT2D eigenvalue weighted by atomic mass is 9.89. The van der Waals surface area contributed by atoms with E-state index in [1.54, 1.807) is 0 Å². The van der Waals surface area contributed by atoms with Gasteiger partial charge in [0.15, 0.2) is 0 Å². The highest BCUT2D eigenvalue weighted by molar-refractivity contribution is 5.32. The zero-order valence-electron chi connectivity index (χ0n) is 12.6. The zero-order chi connectivity index (χ0) is 14.2. The second-order valence-electron chi connectivity index (χ2n) is 6.34. The number of rotatable bonds is 2. The van der Waals surface area contributed by atoms with Crippen LogP contribution in [0.4, 0.5) is 0 Å². The number of hydrogen-bond acceptors (Lipinski definition) is 1. The molecule has 1 aliphatic rings. The standard InChI is InChI=1S/C19H23N/c1-18(16-10-6-4-7-11-16)14-15-19(2,20(18)3)17-12-8-5-9-13-17/h4-13H,14-15H2,1-3H3. The molecule has 20 heavy (non-hydrogen) atoms. The van der Waals surface area contributed by atoms with E-state index in [0.29, 0.717) is 0 Å². The first-order chi connectivity index (χ1) is 9.57. The molecule has 0 aliphatic carbocycles. The van der Waals surface area contributed by atoms with Crippen molar-refractivity contribution < 1.29 is 0 Å². The summed E-state index contributed by atoms with van der Waals surface area (Å²) in [5.41, 5.74) is 3.07. The second-order valence-corrected chi connectivity index (χ2v) is 6.34. The fraction of sp³-hybridized carbons (Fsp3) is 0.368. The third-order valence-corrected chi connectivity index (χ3v) is 5.37. The number of likely N-dealkylation sites (tertiary alicyclic amines) is 1. The van der Waals surface area contributed by atoms with E-state index in [9.17, 15) is 0 Å². The summed E-state index contributed by atoms with van der Waals surface area (Å²) in [7, 11) is 2.27. The molecule has 104 valence electrons. The van der Waals surface area contributed by atoms with Gasteiger partial charge in [-0.25, -0.2) is 0 Å². The fourth-order valence-corrected chi connectivity index (χ4v) is 3.64. The van der Waals surface area contributed by atoms with Crippen molar-refractivity contribution in [2.75, 3.05) is 7.05 Å². The lowest BCUT2D eigenvalue weighted by molar-refractivity contribution is 0.0862. The van der Waals surface area contributed by atoms with E-state index in [-0.39, 0.29) is 11.1 Å². The van der Waals surface area contributed by atoms with E-state index in [1.807, 2.05) is 0 Å². The first kappa shape index (κ1) is 13.4. The van der Waals surface area contributed by atoms with E-state index < -0.39 is 0 Å². The van der Waals surface area contributed by atoms with Gasteiger partial charge in [-0.1, -0.05) is 60.7 Å². The van der Waals surface area contributed by atoms with Crippen molar-refractivity contribution in [3.63, 3.8) is 0 Å². The Balaban J connectivity index is 2.01. The summed E-state index contributed by atoms with van der Waals surface area (Å²) in [5, 5.41) is 0. The normalized spacial score (nSPS) is 30.6. The van der Waals surface area contributed by atoms with Crippen LogP contribution in [0.3, 0.4) is 0 Å². The van der Waals surface area contributed by atoms with Crippen LogP contribution >= 0.6 is 0 Å². The Morgan fingerprint density at radius 3 is 1.40 bits per heavy atom. The molecular formula is C19H23N. The first-order valence-electron chi connectivity index (χ1n) is 7.42. The summed E-state index contributed by atoms with van der Waals surface area (Å²) >= 11 is 0. The van der Waals surface area contributed by atoms with Gasteiger partial charge in [0.05, 0.1) is 0 Å². The van der Waals surface area contributed by atoms with Crippen LogP contribution in [0, 0.1) is 0 Å². The third kappa shape index (κ3) is 1.89. The largest absolute Gasteiger partial charge is 0.287 e. The topological polar surface area (TPSA) is 3.24 Å². The Hall–Kier alpha value is -1.60. The molecule has 0 saturated carbocycles. The minimum absolute atomic E-state index is 0.117. The van der Waals surface area contributed by atoms with Crippen LogP contribution in [0.1, 0.15) is 37.8 Å². The monoisotopic (exact) mass is 265 g/mol. The summed E-state index contributed by atoms with van der Waals surface area (Å²) in [4.78, 5) is 2.56. The van der Waals surface area contributed by atoms with Gasteiger partial charge >= 0.3 is 0 Å². The average molecular weight is 265 g/mol. The quantitative estimate of drug-likeness (QED) is 0.770. The molecule has 1 heteroatoms. The van der Waals surface area contributed by atoms with E-state index in [2.05, 4.69) is 86.5 Å². The molecule has 0 spiro atoms. The molecule has 2 unspecified atom stereocenters. The summed E-state index contributed by atoms with van der Waals surface area (Å²) in [6.45, 7) is 4.74.